The molecule has 276 valence electrons. The molecule has 0 aliphatic rings. The largest absolute Gasteiger partial charge is 0.304 e. The first-order valence-electron chi connectivity index (χ1n) is 16.7. The molecule has 6 aromatic carbocycles. The maximum atomic E-state index is 12.8. The molecule has 8 nitrogen and oxygen atoms in total. The van der Waals surface area contributed by atoms with Gasteiger partial charge in [0.2, 0.25) is 0 Å². The van der Waals surface area contributed by atoms with Crippen molar-refractivity contribution in [3.8, 4) is 0 Å². The van der Waals surface area contributed by atoms with E-state index in [4.69, 9.17) is 5.41 Å². The van der Waals surface area contributed by atoms with Crippen molar-refractivity contribution in [1.29, 1.82) is 5.41 Å². The van der Waals surface area contributed by atoms with E-state index in [0.717, 1.165) is 31.2 Å². The lowest BCUT2D eigenvalue weighted by Gasteiger charge is -2.14. The second-order valence-corrected chi connectivity index (χ2v) is 17.4. The monoisotopic (exact) mass is 885 g/mol. The van der Waals surface area contributed by atoms with Crippen LogP contribution in [0, 0.1) is 19.3 Å². The summed E-state index contributed by atoms with van der Waals surface area (Å²) in [7, 11) is -7.50. The molecule has 6 rings (SSSR count). The molecule has 3 N–H and O–H groups in total. The standard InChI is InChI=1S/C21H19BrN2O2S.C21H18BrNO3S/c1-15-10-12-17(13-11-15)27(25,26)24-21-9-5-3-7-18(21)20(23)14-16-6-2-4-8-19(16)22;1-15-10-12-17(13-11-15)27(25,26)23-20-9-5-3-7-18(20)21(24)14-16-6-2-4-8-19(16)22/h2-13,23-24H,14H2,1H3;2-13,23H,14H2,1H3. The van der Waals surface area contributed by atoms with Crippen LogP contribution in [0.1, 0.15) is 38.2 Å². The van der Waals surface area contributed by atoms with E-state index in [1.807, 2.05) is 62.4 Å². The fourth-order valence-corrected chi connectivity index (χ4v) is 8.34. The highest BCUT2D eigenvalue weighted by molar-refractivity contribution is 9.10. The Morgan fingerprint density at radius 1 is 0.519 bits per heavy atom. The summed E-state index contributed by atoms with van der Waals surface area (Å²) in [6.07, 6.45) is 0.565. The maximum Gasteiger partial charge on any atom is 0.261 e. The molecule has 0 heterocycles. The van der Waals surface area contributed by atoms with Crippen LogP contribution in [0.2, 0.25) is 0 Å². The zero-order valence-electron chi connectivity index (χ0n) is 29.4. The number of sulfonamides is 2. The van der Waals surface area contributed by atoms with E-state index in [-0.39, 0.29) is 27.7 Å². The zero-order chi connectivity index (χ0) is 38.9. The van der Waals surface area contributed by atoms with Crippen molar-refractivity contribution in [1.82, 2.24) is 0 Å². The average molecular weight is 888 g/mol. The van der Waals surface area contributed by atoms with Crippen molar-refractivity contribution in [3.63, 3.8) is 0 Å². The molecule has 0 atom stereocenters. The van der Waals surface area contributed by atoms with E-state index in [9.17, 15) is 21.6 Å². The van der Waals surface area contributed by atoms with Crippen molar-refractivity contribution in [2.75, 3.05) is 9.44 Å². The number of aryl methyl sites for hydroxylation is 2. The van der Waals surface area contributed by atoms with Gasteiger partial charge in [-0.15, -0.1) is 0 Å². The van der Waals surface area contributed by atoms with Crippen LogP contribution in [0.15, 0.2) is 164 Å². The molecule has 0 saturated carbocycles. The molecular weight excluding hydrogens is 850 g/mol. The van der Waals surface area contributed by atoms with E-state index in [0.29, 0.717) is 28.9 Å². The molecule has 0 aliphatic carbocycles. The molecule has 0 radical (unpaired) electrons. The second kappa shape index (κ2) is 18.0. The number of halogens is 2. The minimum Gasteiger partial charge on any atom is -0.304 e. The molecule has 12 heteroatoms. The van der Waals surface area contributed by atoms with Gasteiger partial charge in [0.05, 0.1) is 21.2 Å². The van der Waals surface area contributed by atoms with Crippen molar-refractivity contribution < 1.29 is 21.6 Å². The van der Waals surface area contributed by atoms with Crippen LogP contribution in [-0.2, 0) is 32.9 Å². The van der Waals surface area contributed by atoms with Gasteiger partial charge in [0, 0.05) is 38.6 Å². The lowest BCUT2D eigenvalue weighted by Crippen LogP contribution is -2.16. The number of nitrogens with one attached hydrogen (secondary N) is 3. The number of rotatable bonds is 12. The summed E-state index contributed by atoms with van der Waals surface area (Å²) in [5.74, 6) is -0.163. The van der Waals surface area contributed by atoms with Crippen LogP contribution >= 0.6 is 31.9 Å². The molecular formula is C42H37Br2N3O5S2. The molecule has 54 heavy (non-hydrogen) atoms. The van der Waals surface area contributed by atoms with Crippen LogP contribution in [0.3, 0.4) is 0 Å². The van der Waals surface area contributed by atoms with Crippen molar-refractivity contribution in [2.45, 2.75) is 36.5 Å². The third-order valence-corrected chi connectivity index (χ3v) is 12.6. The zero-order valence-corrected chi connectivity index (χ0v) is 34.2. The van der Waals surface area contributed by atoms with Gasteiger partial charge in [-0.25, -0.2) is 16.8 Å². The quantitative estimate of drug-likeness (QED) is 0.0832. The number of carbonyl (C=O) groups excluding carboxylic acids is 1. The Labute approximate surface area is 333 Å². The number of hydrogen-bond acceptors (Lipinski definition) is 6. The number of Topliss-reactive ketones (excluding diaryl/α,β-unsaturated/α-hetero) is 1. The Kier molecular flexibility index (Phi) is 13.4. The predicted octanol–water partition coefficient (Wildman–Crippen LogP) is 10.2. The topological polar surface area (TPSA) is 133 Å². The third kappa shape index (κ3) is 10.6. The Balaban J connectivity index is 0.000000208. The Bertz CT molecular complexity index is 2330. The molecule has 0 bridgehead atoms. The molecule has 0 unspecified atom stereocenters. The smallest absolute Gasteiger partial charge is 0.261 e. The number of hydrogen-bond donors (Lipinski definition) is 3. The van der Waals surface area contributed by atoms with Gasteiger partial charge in [-0.3, -0.25) is 14.2 Å². The van der Waals surface area contributed by atoms with Crippen LogP contribution in [0.25, 0.3) is 0 Å². The summed E-state index contributed by atoms with van der Waals surface area (Å²) in [5, 5.41) is 8.49. The fraction of sp³-hybridized carbons (Fsp3) is 0.0952. The highest BCUT2D eigenvalue weighted by Crippen LogP contribution is 2.26. The first-order valence-corrected chi connectivity index (χ1v) is 21.2. The van der Waals surface area contributed by atoms with Gasteiger partial charge in [0.15, 0.2) is 5.78 Å². The van der Waals surface area contributed by atoms with Gasteiger partial charge in [-0.05, 0) is 79.6 Å². The molecule has 0 aliphatic heterocycles. The number of carbonyl (C=O) groups is 1. The van der Waals surface area contributed by atoms with Gasteiger partial charge in [-0.2, -0.15) is 0 Å². The summed E-state index contributed by atoms with van der Waals surface area (Å²) in [5.41, 5.74) is 5.68. The minimum absolute atomic E-state index is 0.154. The molecule has 0 saturated heterocycles. The van der Waals surface area contributed by atoms with Crippen molar-refractivity contribution in [3.05, 3.63) is 188 Å². The summed E-state index contributed by atoms with van der Waals surface area (Å²) in [4.78, 5) is 13.1. The fourth-order valence-electron chi connectivity index (χ4n) is 5.33. The van der Waals surface area contributed by atoms with Crippen LogP contribution < -0.4 is 9.44 Å². The van der Waals surface area contributed by atoms with Gasteiger partial charge in [0.1, 0.15) is 0 Å². The van der Waals surface area contributed by atoms with Crippen LogP contribution in [0.5, 0.6) is 0 Å². The predicted molar refractivity (Wildman–Crippen MR) is 224 cm³/mol. The van der Waals surface area contributed by atoms with Crippen molar-refractivity contribution >= 4 is 74.8 Å². The molecule has 0 amide bonds. The molecule has 0 aromatic heterocycles. The molecule has 0 spiro atoms. The second-order valence-electron chi connectivity index (χ2n) is 12.4. The minimum atomic E-state index is -3.78. The summed E-state index contributed by atoms with van der Waals surface area (Å²) >= 11 is 6.93. The molecule has 6 aromatic rings. The van der Waals surface area contributed by atoms with E-state index in [1.165, 1.54) is 0 Å². The Morgan fingerprint density at radius 3 is 1.35 bits per heavy atom. The maximum absolute atomic E-state index is 12.8. The highest BCUT2D eigenvalue weighted by Gasteiger charge is 2.20. The van der Waals surface area contributed by atoms with Gasteiger partial charge in [-0.1, -0.05) is 134 Å². The Hall–Kier alpha value is -4.88. The van der Waals surface area contributed by atoms with Gasteiger partial charge < -0.3 is 5.41 Å². The molecule has 0 fully saturated rings. The van der Waals surface area contributed by atoms with E-state index >= 15 is 0 Å². The number of anilines is 2. The SMILES string of the molecule is Cc1ccc(S(=O)(=O)Nc2ccccc2C(=N)Cc2ccccc2Br)cc1.Cc1ccc(S(=O)(=O)Nc2ccccc2C(=O)Cc2ccccc2Br)cc1. The third-order valence-electron chi connectivity index (χ3n) is 8.26. The van der Waals surface area contributed by atoms with E-state index < -0.39 is 20.0 Å². The highest BCUT2D eigenvalue weighted by atomic mass is 79.9. The van der Waals surface area contributed by atoms with Gasteiger partial charge in [0.25, 0.3) is 20.0 Å². The number of para-hydroxylation sites is 2. The summed E-state index contributed by atoms with van der Waals surface area (Å²) in [6.45, 7) is 3.79. The first kappa shape index (κ1) is 40.3. The van der Waals surface area contributed by atoms with Crippen LogP contribution in [-0.4, -0.2) is 28.3 Å². The average Bonchev–Trinajstić information content (AvgIpc) is 3.14. The number of benzene rings is 6. The van der Waals surface area contributed by atoms with E-state index in [2.05, 4.69) is 41.3 Å². The summed E-state index contributed by atoms with van der Waals surface area (Å²) < 4.78 is 57.7. The lowest BCUT2D eigenvalue weighted by atomic mass is 10.0. The van der Waals surface area contributed by atoms with Gasteiger partial charge >= 0.3 is 0 Å². The van der Waals surface area contributed by atoms with Crippen molar-refractivity contribution in [2.24, 2.45) is 0 Å². The van der Waals surface area contributed by atoms with E-state index in [1.54, 1.807) is 97.1 Å². The Morgan fingerprint density at radius 2 is 0.889 bits per heavy atom. The van der Waals surface area contributed by atoms with Crippen LogP contribution in [0.4, 0.5) is 11.4 Å². The number of ketones is 1. The lowest BCUT2D eigenvalue weighted by molar-refractivity contribution is 0.0993. The summed E-state index contributed by atoms with van der Waals surface area (Å²) in [6, 6.07) is 42.0. The first-order chi connectivity index (χ1) is 25.7. The normalized spacial score (nSPS) is 11.2.